The van der Waals surface area contributed by atoms with Gasteiger partial charge in [0.2, 0.25) is 0 Å². The zero-order valence-electron chi connectivity index (χ0n) is 13.6. The zero-order valence-corrected chi connectivity index (χ0v) is 13.6. The number of esters is 1. The lowest BCUT2D eigenvalue weighted by Crippen LogP contribution is -2.56. The third-order valence-electron chi connectivity index (χ3n) is 4.49. The van der Waals surface area contributed by atoms with E-state index in [1.807, 2.05) is 41.5 Å². The van der Waals surface area contributed by atoms with Crippen LogP contribution in [0.15, 0.2) is 0 Å². The van der Waals surface area contributed by atoms with Crippen molar-refractivity contribution < 1.29 is 19.1 Å². The molecule has 5 nitrogen and oxygen atoms in total. The summed E-state index contributed by atoms with van der Waals surface area (Å²) in [5.41, 5.74) is -1.42. The van der Waals surface area contributed by atoms with Crippen LogP contribution in [0.4, 0.5) is 4.79 Å². The maximum Gasteiger partial charge on any atom is 0.408 e. The molecular weight excluding hydrogens is 258 g/mol. The molecule has 0 heterocycles. The standard InChI is InChI=1S/C15H27NO4/c1-13(2,3)20-12(18)16-15(6)9-8-10(11(17)19-7)14(15,4)5/h10H,8-9H2,1-7H3,(H,16,18)/t10-,15-/m0/s1. The number of alkyl carbamates (subject to hydrolysis) is 1. The molecule has 0 saturated heterocycles. The third kappa shape index (κ3) is 3.25. The molecular formula is C15H27NO4. The molecule has 1 saturated carbocycles. The van der Waals surface area contributed by atoms with Gasteiger partial charge in [-0.1, -0.05) is 13.8 Å². The summed E-state index contributed by atoms with van der Waals surface area (Å²) in [6.07, 6.45) is 0.976. The van der Waals surface area contributed by atoms with Crippen molar-refractivity contribution in [2.45, 2.75) is 65.5 Å². The molecule has 0 aromatic rings. The van der Waals surface area contributed by atoms with Gasteiger partial charge in [-0.2, -0.15) is 0 Å². The molecule has 0 aromatic carbocycles. The fraction of sp³-hybridized carbons (Fsp3) is 0.867. The van der Waals surface area contributed by atoms with Crippen LogP contribution in [0.3, 0.4) is 0 Å². The fourth-order valence-electron chi connectivity index (χ4n) is 2.81. The maximum absolute atomic E-state index is 12.0. The van der Waals surface area contributed by atoms with E-state index >= 15 is 0 Å². The molecule has 0 radical (unpaired) electrons. The predicted molar refractivity (Wildman–Crippen MR) is 76.3 cm³/mol. The first-order valence-corrected chi connectivity index (χ1v) is 7.02. The highest BCUT2D eigenvalue weighted by molar-refractivity contribution is 5.75. The average Bonchev–Trinajstić information content (AvgIpc) is 2.46. The van der Waals surface area contributed by atoms with E-state index in [2.05, 4.69) is 5.32 Å². The summed E-state index contributed by atoms with van der Waals surface area (Å²) in [7, 11) is 1.40. The topological polar surface area (TPSA) is 64.6 Å². The molecule has 5 heteroatoms. The van der Waals surface area contributed by atoms with Crippen LogP contribution in [-0.2, 0) is 14.3 Å². The Hall–Kier alpha value is -1.26. The maximum atomic E-state index is 12.0. The molecule has 0 aromatic heterocycles. The number of hydrogen-bond donors (Lipinski definition) is 1. The van der Waals surface area contributed by atoms with E-state index in [1.54, 1.807) is 0 Å². The SMILES string of the molecule is COC(=O)[C@@H]1CC[C@](C)(NC(=O)OC(C)(C)C)C1(C)C. The molecule has 116 valence electrons. The van der Waals surface area contributed by atoms with E-state index in [9.17, 15) is 9.59 Å². The monoisotopic (exact) mass is 285 g/mol. The number of rotatable bonds is 2. The molecule has 1 aliphatic carbocycles. The molecule has 1 rings (SSSR count). The van der Waals surface area contributed by atoms with E-state index in [0.717, 1.165) is 6.42 Å². The number of carbonyl (C=O) groups excluding carboxylic acids is 2. The van der Waals surface area contributed by atoms with Gasteiger partial charge in [-0.3, -0.25) is 4.79 Å². The summed E-state index contributed by atoms with van der Waals surface area (Å²) in [6.45, 7) is 11.4. The molecule has 0 unspecified atom stereocenters. The van der Waals surface area contributed by atoms with Crippen molar-refractivity contribution in [1.29, 1.82) is 0 Å². The Bertz CT molecular complexity index is 397. The summed E-state index contributed by atoms with van der Waals surface area (Å²) in [5, 5.41) is 2.94. The Morgan fingerprint density at radius 1 is 1.20 bits per heavy atom. The highest BCUT2D eigenvalue weighted by Gasteiger charge is 2.55. The van der Waals surface area contributed by atoms with Crippen LogP contribution in [0.1, 0.15) is 54.4 Å². The molecule has 1 fully saturated rings. The van der Waals surface area contributed by atoms with Gasteiger partial charge in [0.15, 0.2) is 0 Å². The second-order valence-electron chi connectivity index (χ2n) is 7.30. The lowest BCUT2D eigenvalue weighted by molar-refractivity contribution is -0.149. The summed E-state index contributed by atoms with van der Waals surface area (Å²) < 4.78 is 10.2. The minimum atomic E-state index is -0.537. The highest BCUT2D eigenvalue weighted by atomic mass is 16.6. The first-order chi connectivity index (χ1) is 8.93. The van der Waals surface area contributed by atoms with Gasteiger partial charge in [-0.05, 0) is 40.5 Å². The van der Waals surface area contributed by atoms with Gasteiger partial charge in [0.25, 0.3) is 0 Å². The van der Waals surface area contributed by atoms with Crippen molar-refractivity contribution in [1.82, 2.24) is 5.32 Å². The van der Waals surface area contributed by atoms with E-state index in [-0.39, 0.29) is 11.9 Å². The van der Waals surface area contributed by atoms with Crippen LogP contribution >= 0.6 is 0 Å². The van der Waals surface area contributed by atoms with Gasteiger partial charge < -0.3 is 14.8 Å². The minimum Gasteiger partial charge on any atom is -0.469 e. The van der Waals surface area contributed by atoms with Gasteiger partial charge in [-0.25, -0.2) is 4.79 Å². The number of amides is 1. The Kier molecular flexibility index (Phi) is 4.42. The smallest absolute Gasteiger partial charge is 0.408 e. The number of carbonyl (C=O) groups is 2. The van der Waals surface area contributed by atoms with E-state index in [1.165, 1.54) is 7.11 Å². The predicted octanol–water partition coefficient (Wildman–Crippen LogP) is 2.88. The summed E-state index contributed by atoms with van der Waals surface area (Å²) in [4.78, 5) is 23.9. The molecule has 20 heavy (non-hydrogen) atoms. The van der Waals surface area contributed by atoms with Crippen molar-refractivity contribution in [3.63, 3.8) is 0 Å². The average molecular weight is 285 g/mol. The zero-order chi connectivity index (χ0) is 15.8. The van der Waals surface area contributed by atoms with Crippen molar-refractivity contribution in [3.8, 4) is 0 Å². The van der Waals surface area contributed by atoms with Crippen molar-refractivity contribution in [2.24, 2.45) is 11.3 Å². The third-order valence-corrected chi connectivity index (χ3v) is 4.49. The molecule has 0 aliphatic heterocycles. The lowest BCUT2D eigenvalue weighted by Gasteiger charge is -2.41. The second kappa shape index (κ2) is 5.26. The Labute approximate surface area is 121 Å². The van der Waals surface area contributed by atoms with Crippen LogP contribution in [0.2, 0.25) is 0 Å². The van der Waals surface area contributed by atoms with E-state index in [0.29, 0.717) is 6.42 Å². The highest BCUT2D eigenvalue weighted by Crippen LogP contribution is 2.50. The minimum absolute atomic E-state index is 0.215. The molecule has 2 atom stereocenters. The number of ether oxygens (including phenoxy) is 2. The summed E-state index contributed by atoms with van der Waals surface area (Å²) in [5.74, 6) is -0.433. The summed E-state index contributed by atoms with van der Waals surface area (Å²) in [6, 6.07) is 0. The molecule has 0 bridgehead atoms. The van der Waals surface area contributed by atoms with Crippen molar-refractivity contribution in [2.75, 3.05) is 7.11 Å². The van der Waals surface area contributed by atoms with Gasteiger partial charge in [0, 0.05) is 11.0 Å². The molecule has 0 spiro atoms. The second-order valence-corrected chi connectivity index (χ2v) is 7.30. The molecule has 1 N–H and O–H groups in total. The Balaban J connectivity index is 2.84. The lowest BCUT2D eigenvalue weighted by atomic mass is 9.71. The number of methoxy groups -OCH3 is 1. The Morgan fingerprint density at radius 2 is 1.75 bits per heavy atom. The quantitative estimate of drug-likeness (QED) is 0.792. The first-order valence-electron chi connectivity index (χ1n) is 7.02. The van der Waals surface area contributed by atoms with Crippen LogP contribution in [0.5, 0.6) is 0 Å². The Morgan fingerprint density at radius 3 is 2.20 bits per heavy atom. The number of hydrogen-bond acceptors (Lipinski definition) is 4. The van der Waals surface area contributed by atoms with E-state index < -0.39 is 22.6 Å². The van der Waals surface area contributed by atoms with Crippen LogP contribution in [-0.4, -0.2) is 30.3 Å². The van der Waals surface area contributed by atoms with Crippen LogP contribution in [0, 0.1) is 11.3 Å². The van der Waals surface area contributed by atoms with Gasteiger partial charge in [0.05, 0.1) is 13.0 Å². The normalized spacial score (nSPS) is 28.9. The fourth-order valence-corrected chi connectivity index (χ4v) is 2.81. The van der Waals surface area contributed by atoms with Crippen LogP contribution < -0.4 is 5.32 Å². The molecule has 1 aliphatic rings. The molecule has 1 amide bonds. The van der Waals surface area contributed by atoms with Crippen molar-refractivity contribution in [3.05, 3.63) is 0 Å². The van der Waals surface area contributed by atoms with E-state index in [4.69, 9.17) is 9.47 Å². The van der Waals surface area contributed by atoms with Crippen LogP contribution in [0.25, 0.3) is 0 Å². The van der Waals surface area contributed by atoms with Gasteiger partial charge >= 0.3 is 12.1 Å². The van der Waals surface area contributed by atoms with Crippen molar-refractivity contribution >= 4 is 12.1 Å². The first kappa shape index (κ1) is 16.8. The van der Waals surface area contributed by atoms with Gasteiger partial charge in [-0.15, -0.1) is 0 Å². The number of nitrogens with one attached hydrogen (secondary N) is 1. The summed E-state index contributed by atoms with van der Waals surface area (Å²) >= 11 is 0. The largest absolute Gasteiger partial charge is 0.469 e. The van der Waals surface area contributed by atoms with Gasteiger partial charge in [0.1, 0.15) is 5.60 Å².